The Hall–Kier alpha value is -2.70. The minimum absolute atomic E-state index is 0.0587. The van der Waals surface area contributed by atoms with E-state index in [0.717, 1.165) is 24.3 Å². The first-order chi connectivity index (χ1) is 9.79. The van der Waals surface area contributed by atoms with Crippen LogP contribution in [0.2, 0.25) is 0 Å². The third kappa shape index (κ3) is 3.25. The molecule has 110 valence electrons. The second kappa shape index (κ2) is 5.35. The summed E-state index contributed by atoms with van der Waals surface area (Å²) in [7, 11) is 0. The number of para-hydroxylation sites is 1. The van der Waals surface area contributed by atoms with Crippen LogP contribution < -0.4 is 10.5 Å². The number of aromatic carboxylic acids is 1. The van der Waals surface area contributed by atoms with Crippen LogP contribution in [0.1, 0.15) is 15.9 Å². The number of anilines is 1. The van der Waals surface area contributed by atoms with Gasteiger partial charge in [-0.3, -0.25) is 0 Å². The number of carbonyl (C=O) groups is 1. The highest BCUT2D eigenvalue weighted by Gasteiger charge is 2.30. The Morgan fingerprint density at radius 1 is 1.10 bits per heavy atom. The van der Waals surface area contributed by atoms with Crippen LogP contribution in [-0.2, 0) is 6.18 Å². The smallest absolute Gasteiger partial charge is 0.416 e. The van der Waals surface area contributed by atoms with Crippen LogP contribution in [-0.4, -0.2) is 11.1 Å². The molecule has 7 heteroatoms. The zero-order chi connectivity index (χ0) is 15.6. The maximum atomic E-state index is 12.4. The number of nitrogen functional groups attached to an aromatic ring is 1. The van der Waals surface area contributed by atoms with E-state index in [4.69, 9.17) is 15.6 Å². The van der Waals surface area contributed by atoms with Gasteiger partial charge in [-0.2, -0.15) is 13.2 Å². The summed E-state index contributed by atoms with van der Waals surface area (Å²) < 4.78 is 42.6. The van der Waals surface area contributed by atoms with Crippen molar-refractivity contribution < 1.29 is 27.8 Å². The van der Waals surface area contributed by atoms with Crippen LogP contribution in [0.5, 0.6) is 11.5 Å². The Labute approximate surface area is 117 Å². The highest BCUT2D eigenvalue weighted by atomic mass is 19.4. The fourth-order valence-corrected chi connectivity index (χ4v) is 1.67. The lowest BCUT2D eigenvalue weighted by atomic mass is 10.1. The number of rotatable bonds is 3. The molecule has 0 aliphatic rings. The Morgan fingerprint density at radius 2 is 1.71 bits per heavy atom. The molecule has 0 aliphatic heterocycles. The molecule has 0 saturated carbocycles. The lowest BCUT2D eigenvalue weighted by molar-refractivity contribution is -0.137. The molecule has 0 heterocycles. The van der Waals surface area contributed by atoms with Crippen LogP contribution in [0.4, 0.5) is 18.9 Å². The van der Waals surface area contributed by atoms with E-state index in [1.807, 2.05) is 0 Å². The lowest BCUT2D eigenvalue weighted by Crippen LogP contribution is -2.05. The van der Waals surface area contributed by atoms with Gasteiger partial charge < -0.3 is 15.6 Å². The molecule has 0 aliphatic carbocycles. The van der Waals surface area contributed by atoms with Crippen molar-refractivity contribution in [1.29, 1.82) is 0 Å². The Kier molecular flexibility index (Phi) is 3.75. The van der Waals surface area contributed by atoms with Crippen LogP contribution in [0, 0.1) is 0 Å². The molecule has 0 unspecified atom stereocenters. The number of hydrogen-bond acceptors (Lipinski definition) is 3. The van der Waals surface area contributed by atoms with Crippen molar-refractivity contribution in [3.8, 4) is 11.5 Å². The van der Waals surface area contributed by atoms with Crippen molar-refractivity contribution in [1.82, 2.24) is 0 Å². The highest BCUT2D eigenvalue weighted by Crippen LogP contribution is 2.34. The highest BCUT2D eigenvalue weighted by molar-refractivity contribution is 5.93. The first-order valence-corrected chi connectivity index (χ1v) is 5.76. The van der Waals surface area contributed by atoms with E-state index >= 15 is 0 Å². The molecule has 0 aromatic heterocycles. The van der Waals surface area contributed by atoms with Gasteiger partial charge in [0.2, 0.25) is 0 Å². The molecule has 4 nitrogen and oxygen atoms in total. The third-order valence-corrected chi connectivity index (χ3v) is 2.68. The van der Waals surface area contributed by atoms with Gasteiger partial charge in [0.1, 0.15) is 11.3 Å². The molecule has 2 rings (SSSR count). The summed E-state index contributed by atoms with van der Waals surface area (Å²) in [6.07, 6.45) is -4.45. The molecule has 0 spiro atoms. The summed E-state index contributed by atoms with van der Waals surface area (Å²) >= 11 is 0. The number of nitrogens with two attached hydrogens (primary N) is 1. The molecule has 0 fully saturated rings. The molecular formula is C14H10F3NO3. The predicted octanol–water partition coefficient (Wildman–Crippen LogP) is 3.78. The summed E-state index contributed by atoms with van der Waals surface area (Å²) in [4.78, 5) is 11.1. The van der Waals surface area contributed by atoms with Crippen molar-refractivity contribution in [3.05, 3.63) is 53.6 Å². The summed E-state index contributed by atoms with van der Waals surface area (Å²) in [5, 5.41) is 9.03. The van der Waals surface area contributed by atoms with Crippen LogP contribution >= 0.6 is 0 Å². The maximum Gasteiger partial charge on any atom is 0.416 e. The molecule has 2 aromatic carbocycles. The molecule has 0 bridgehead atoms. The van der Waals surface area contributed by atoms with Gasteiger partial charge in [-0.1, -0.05) is 6.07 Å². The van der Waals surface area contributed by atoms with Crippen molar-refractivity contribution in [2.24, 2.45) is 0 Å². The number of halogens is 3. The molecule has 0 atom stereocenters. The van der Waals surface area contributed by atoms with Crippen molar-refractivity contribution in [2.45, 2.75) is 6.18 Å². The Bertz CT molecular complexity index is 666. The first kappa shape index (κ1) is 14.7. The number of carboxylic acid groups (broad SMARTS) is 1. The van der Waals surface area contributed by atoms with E-state index in [1.165, 1.54) is 18.2 Å². The second-order valence-electron chi connectivity index (χ2n) is 4.15. The SMILES string of the molecule is Nc1cccc(C(=O)O)c1Oc1ccc(C(F)(F)F)cc1. The molecule has 3 N–H and O–H groups in total. The van der Waals surface area contributed by atoms with Crippen LogP contribution in [0.25, 0.3) is 0 Å². The summed E-state index contributed by atoms with van der Waals surface area (Å²) in [5.41, 5.74) is 4.72. The first-order valence-electron chi connectivity index (χ1n) is 5.76. The molecule has 21 heavy (non-hydrogen) atoms. The Balaban J connectivity index is 2.33. The van der Waals surface area contributed by atoms with Crippen molar-refractivity contribution in [3.63, 3.8) is 0 Å². The van der Waals surface area contributed by atoms with Gasteiger partial charge in [0.15, 0.2) is 5.75 Å². The van der Waals surface area contributed by atoms with E-state index in [1.54, 1.807) is 0 Å². The van der Waals surface area contributed by atoms with E-state index in [-0.39, 0.29) is 22.7 Å². The van der Waals surface area contributed by atoms with E-state index in [9.17, 15) is 18.0 Å². The summed E-state index contributed by atoms with van der Waals surface area (Å²) in [5.74, 6) is -1.29. The van der Waals surface area contributed by atoms with Crippen LogP contribution in [0.15, 0.2) is 42.5 Å². The molecule has 0 saturated heterocycles. The van der Waals surface area contributed by atoms with Crippen molar-refractivity contribution in [2.75, 3.05) is 5.73 Å². The standard InChI is InChI=1S/C14H10F3NO3/c15-14(16,17)8-4-6-9(7-5-8)21-12-10(13(19)20)2-1-3-11(12)18/h1-7H,18H2,(H,19,20). The van der Waals surface area contributed by atoms with Gasteiger partial charge in [0.25, 0.3) is 0 Å². The number of ether oxygens (including phenoxy) is 1. The quantitative estimate of drug-likeness (QED) is 0.846. The van der Waals surface area contributed by atoms with Crippen LogP contribution in [0.3, 0.4) is 0 Å². The maximum absolute atomic E-state index is 12.4. The minimum Gasteiger partial charge on any atom is -0.478 e. The fraction of sp³-hybridized carbons (Fsp3) is 0.0714. The predicted molar refractivity (Wildman–Crippen MR) is 69.3 cm³/mol. The van der Waals surface area contributed by atoms with E-state index < -0.39 is 17.7 Å². The van der Waals surface area contributed by atoms with Gasteiger partial charge in [0, 0.05) is 0 Å². The average Bonchev–Trinajstić information content (AvgIpc) is 2.40. The number of carboxylic acids is 1. The molecule has 0 amide bonds. The third-order valence-electron chi connectivity index (χ3n) is 2.68. The molecular weight excluding hydrogens is 287 g/mol. The van der Waals surface area contributed by atoms with Gasteiger partial charge in [-0.05, 0) is 36.4 Å². The van der Waals surface area contributed by atoms with Gasteiger partial charge in [0.05, 0.1) is 11.3 Å². The normalized spacial score (nSPS) is 11.2. The number of alkyl halides is 3. The number of benzene rings is 2. The fourth-order valence-electron chi connectivity index (χ4n) is 1.67. The minimum atomic E-state index is -4.45. The van der Waals surface area contributed by atoms with Crippen molar-refractivity contribution >= 4 is 11.7 Å². The summed E-state index contributed by atoms with van der Waals surface area (Å²) in [6.45, 7) is 0. The second-order valence-corrected chi connectivity index (χ2v) is 4.15. The zero-order valence-electron chi connectivity index (χ0n) is 10.5. The van der Waals surface area contributed by atoms with Gasteiger partial charge >= 0.3 is 12.1 Å². The largest absolute Gasteiger partial charge is 0.478 e. The summed E-state index contributed by atoms with van der Waals surface area (Å²) in [6, 6.07) is 8.05. The number of hydrogen-bond donors (Lipinski definition) is 2. The van der Waals surface area contributed by atoms with E-state index in [0.29, 0.717) is 0 Å². The van der Waals surface area contributed by atoms with E-state index in [2.05, 4.69) is 0 Å². The monoisotopic (exact) mass is 297 g/mol. The molecule has 2 aromatic rings. The molecule has 0 radical (unpaired) electrons. The zero-order valence-corrected chi connectivity index (χ0v) is 10.5. The van der Waals surface area contributed by atoms with Gasteiger partial charge in [-0.25, -0.2) is 4.79 Å². The average molecular weight is 297 g/mol. The lowest BCUT2D eigenvalue weighted by Gasteiger charge is -2.12. The van der Waals surface area contributed by atoms with Gasteiger partial charge in [-0.15, -0.1) is 0 Å². The topological polar surface area (TPSA) is 72.6 Å². The Morgan fingerprint density at radius 3 is 2.24 bits per heavy atom.